The van der Waals surface area contributed by atoms with Gasteiger partial charge in [-0.25, -0.2) is 4.79 Å². The Kier molecular flexibility index (Phi) is 4.77. The number of hydrogen-bond donors (Lipinski definition) is 1. The van der Waals surface area contributed by atoms with Crippen molar-refractivity contribution < 1.29 is 27.8 Å². The second-order valence-electron chi connectivity index (χ2n) is 3.26. The van der Waals surface area contributed by atoms with Gasteiger partial charge in [0.05, 0.1) is 0 Å². The largest absolute Gasteiger partial charge is 0.483 e. The number of ether oxygens (including phenoxy) is 1. The Labute approximate surface area is 109 Å². The van der Waals surface area contributed by atoms with E-state index in [1.165, 1.54) is 24.3 Å². The fourth-order valence-corrected chi connectivity index (χ4v) is 1.48. The lowest BCUT2D eigenvalue weighted by Gasteiger charge is -2.11. The molecule has 0 radical (unpaired) electrons. The fraction of sp³-hybridized carbons (Fsp3) is 0.182. The highest BCUT2D eigenvalue weighted by molar-refractivity contribution is 9.10. The number of benzene rings is 1. The van der Waals surface area contributed by atoms with Crippen LogP contribution in [0, 0.1) is 0 Å². The Hall–Kier alpha value is -1.50. The quantitative estimate of drug-likeness (QED) is 0.862. The molecule has 1 N–H and O–H groups in total. The second kappa shape index (κ2) is 5.90. The maximum atomic E-state index is 12.0. The van der Waals surface area contributed by atoms with Crippen molar-refractivity contribution in [3.8, 4) is 5.75 Å². The molecule has 1 rings (SSSR count). The molecule has 0 aliphatic carbocycles. The number of carboxylic acids is 1. The molecule has 3 nitrogen and oxygen atoms in total. The van der Waals surface area contributed by atoms with Crippen LogP contribution in [-0.2, 0) is 4.79 Å². The van der Waals surface area contributed by atoms with E-state index in [2.05, 4.69) is 20.7 Å². The highest BCUT2D eigenvalue weighted by Crippen LogP contribution is 2.26. The molecule has 0 bridgehead atoms. The molecule has 98 valence electrons. The normalized spacial score (nSPS) is 11.8. The van der Waals surface area contributed by atoms with E-state index in [1.54, 1.807) is 0 Å². The SMILES string of the molecule is O=C(O)/C=C/c1cc(Br)ccc1OCC(F)(F)F. The van der Waals surface area contributed by atoms with E-state index in [4.69, 9.17) is 5.11 Å². The van der Waals surface area contributed by atoms with Gasteiger partial charge >= 0.3 is 12.1 Å². The molecule has 0 unspecified atom stereocenters. The molecule has 0 fully saturated rings. The zero-order chi connectivity index (χ0) is 13.8. The molecule has 0 aliphatic heterocycles. The topological polar surface area (TPSA) is 46.5 Å². The molecular weight excluding hydrogens is 317 g/mol. The van der Waals surface area contributed by atoms with Gasteiger partial charge < -0.3 is 9.84 Å². The number of rotatable bonds is 4. The van der Waals surface area contributed by atoms with E-state index in [0.717, 1.165) is 6.08 Å². The van der Waals surface area contributed by atoms with Crippen LogP contribution in [0.3, 0.4) is 0 Å². The second-order valence-corrected chi connectivity index (χ2v) is 4.17. The predicted molar refractivity (Wildman–Crippen MR) is 62.4 cm³/mol. The minimum atomic E-state index is -4.44. The van der Waals surface area contributed by atoms with Crippen LogP contribution in [0.2, 0.25) is 0 Å². The van der Waals surface area contributed by atoms with Crippen LogP contribution in [0.15, 0.2) is 28.7 Å². The molecule has 0 saturated heterocycles. The Balaban J connectivity index is 2.93. The highest BCUT2D eigenvalue weighted by atomic mass is 79.9. The van der Waals surface area contributed by atoms with Crippen LogP contribution in [0.4, 0.5) is 13.2 Å². The Morgan fingerprint density at radius 1 is 1.44 bits per heavy atom. The molecule has 0 aromatic heterocycles. The molecular formula is C11H8BrF3O3. The molecule has 0 atom stereocenters. The van der Waals surface area contributed by atoms with Crippen LogP contribution >= 0.6 is 15.9 Å². The number of carbonyl (C=O) groups is 1. The summed E-state index contributed by atoms with van der Waals surface area (Å²) in [4.78, 5) is 10.4. The van der Waals surface area contributed by atoms with Gasteiger partial charge in [-0.05, 0) is 24.3 Å². The fourth-order valence-electron chi connectivity index (χ4n) is 1.10. The van der Waals surface area contributed by atoms with E-state index in [-0.39, 0.29) is 11.3 Å². The van der Waals surface area contributed by atoms with E-state index >= 15 is 0 Å². The summed E-state index contributed by atoms with van der Waals surface area (Å²) in [7, 11) is 0. The smallest absolute Gasteiger partial charge is 0.422 e. The van der Waals surface area contributed by atoms with Crippen molar-refractivity contribution in [1.29, 1.82) is 0 Å². The number of carboxylic acid groups (broad SMARTS) is 1. The van der Waals surface area contributed by atoms with E-state index in [9.17, 15) is 18.0 Å². The molecule has 1 aromatic rings. The van der Waals surface area contributed by atoms with Crippen molar-refractivity contribution in [2.45, 2.75) is 6.18 Å². The van der Waals surface area contributed by atoms with Crippen molar-refractivity contribution in [3.05, 3.63) is 34.3 Å². The van der Waals surface area contributed by atoms with E-state index in [0.29, 0.717) is 4.47 Å². The van der Waals surface area contributed by atoms with E-state index in [1.807, 2.05) is 0 Å². The van der Waals surface area contributed by atoms with Crippen molar-refractivity contribution >= 4 is 28.0 Å². The summed E-state index contributed by atoms with van der Waals surface area (Å²) in [6.45, 7) is -1.43. The zero-order valence-corrected chi connectivity index (χ0v) is 10.5. The Bertz CT molecular complexity index is 469. The lowest BCUT2D eigenvalue weighted by atomic mass is 10.2. The van der Waals surface area contributed by atoms with Gasteiger partial charge in [-0.1, -0.05) is 15.9 Å². The average molecular weight is 325 g/mol. The molecule has 18 heavy (non-hydrogen) atoms. The standard InChI is InChI=1S/C11H8BrF3O3/c12-8-2-3-9(18-6-11(13,14)15)7(5-8)1-4-10(16)17/h1-5H,6H2,(H,16,17)/b4-1+. The molecule has 0 spiro atoms. The lowest BCUT2D eigenvalue weighted by Crippen LogP contribution is -2.19. The number of alkyl halides is 3. The molecule has 7 heteroatoms. The van der Waals surface area contributed by atoms with Crippen LogP contribution in [0.25, 0.3) is 6.08 Å². The van der Waals surface area contributed by atoms with Gasteiger partial charge in [0.15, 0.2) is 6.61 Å². The summed E-state index contributed by atoms with van der Waals surface area (Å²) in [6.07, 6.45) is -2.46. The molecule has 0 heterocycles. The summed E-state index contributed by atoms with van der Waals surface area (Å²) in [5.74, 6) is -1.23. The molecule has 0 saturated carbocycles. The average Bonchev–Trinajstić information content (AvgIpc) is 2.23. The number of halogens is 4. The summed E-state index contributed by atoms with van der Waals surface area (Å²) >= 11 is 3.13. The first-order valence-electron chi connectivity index (χ1n) is 4.68. The number of hydrogen-bond acceptors (Lipinski definition) is 2. The molecule has 0 amide bonds. The van der Waals surface area contributed by atoms with Gasteiger partial charge in [-0.2, -0.15) is 13.2 Å². The third-order valence-corrected chi connectivity index (χ3v) is 2.26. The summed E-state index contributed by atoms with van der Waals surface area (Å²) in [5, 5.41) is 8.47. The minimum absolute atomic E-state index is 0.0342. The lowest BCUT2D eigenvalue weighted by molar-refractivity contribution is -0.153. The molecule has 1 aromatic carbocycles. The van der Waals surface area contributed by atoms with Crippen molar-refractivity contribution in [1.82, 2.24) is 0 Å². The molecule has 0 aliphatic rings. The van der Waals surface area contributed by atoms with Gasteiger partial charge in [0.25, 0.3) is 0 Å². The van der Waals surface area contributed by atoms with Gasteiger partial charge in [0.1, 0.15) is 5.75 Å². The Morgan fingerprint density at radius 2 is 2.11 bits per heavy atom. The van der Waals surface area contributed by atoms with Crippen molar-refractivity contribution in [2.75, 3.05) is 6.61 Å². The Morgan fingerprint density at radius 3 is 2.67 bits per heavy atom. The maximum absolute atomic E-state index is 12.0. The van der Waals surface area contributed by atoms with Crippen LogP contribution < -0.4 is 4.74 Å². The van der Waals surface area contributed by atoms with Crippen LogP contribution in [0.1, 0.15) is 5.56 Å². The van der Waals surface area contributed by atoms with Gasteiger partial charge in [0, 0.05) is 16.1 Å². The summed E-state index contributed by atoms with van der Waals surface area (Å²) in [5.41, 5.74) is 0.246. The van der Waals surface area contributed by atoms with Crippen LogP contribution in [0.5, 0.6) is 5.75 Å². The van der Waals surface area contributed by atoms with Crippen molar-refractivity contribution in [2.24, 2.45) is 0 Å². The third kappa shape index (κ3) is 5.22. The maximum Gasteiger partial charge on any atom is 0.422 e. The third-order valence-electron chi connectivity index (χ3n) is 1.77. The summed E-state index contributed by atoms with van der Waals surface area (Å²) in [6, 6.07) is 4.30. The van der Waals surface area contributed by atoms with Crippen molar-refractivity contribution in [3.63, 3.8) is 0 Å². The number of aliphatic carboxylic acids is 1. The highest BCUT2D eigenvalue weighted by Gasteiger charge is 2.28. The monoisotopic (exact) mass is 324 g/mol. The van der Waals surface area contributed by atoms with Gasteiger partial charge in [-0.3, -0.25) is 0 Å². The first-order chi connectivity index (χ1) is 8.28. The zero-order valence-electron chi connectivity index (χ0n) is 8.87. The van der Waals surface area contributed by atoms with Gasteiger partial charge in [-0.15, -0.1) is 0 Å². The predicted octanol–water partition coefficient (Wildman–Crippen LogP) is 3.49. The van der Waals surface area contributed by atoms with E-state index < -0.39 is 18.8 Å². The van der Waals surface area contributed by atoms with Gasteiger partial charge in [0.2, 0.25) is 0 Å². The minimum Gasteiger partial charge on any atom is -0.483 e. The van der Waals surface area contributed by atoms with Crippen LogP contribution in [-0.4, -0.2) is 23.9 Å². The first kappa shape index (κ1) is 14.6. The first-order valence-corrected chi connectivity index (χ1v) is 5.47. The summed E-state index contributed by atoms with van der Waals surface area (Å²) < 4.78 is 41.3.